The lowest BCUT2D eigenvalue weighted by Crippen LogP contribution is -2.34. The maximum absolute atomic E-state index is 11.6. The lowest BCUT2D eigenvalue weighted by Gasteiger charge is -2.20. The number of aromatic nitrogens is 2. The fourth-order valence-corrected chi connectivity index (χ4v) is 2.70. The van der Waals surface area contributed by atoms with Gasteiger partial charge in [-0.05, 0) is 42.3 Å². The third-order valence-corrected chi connectivity index (χ3v) is 4.18. The molecule has 2 aromatic carbocycles. The molecule has 0 aliphatic carbocycles. The maximum Gasteiger partial charge on any atom is 0.326 e. The van der Waals surface area contributed by atoms with Crippen molar-refractivity contribution in [3.05, 3.63) is 53.6 Å². The van der Waals surface area contributed by atoms with Crippen LogP contribution in [0.3, 0.4) is 0 Å². The van der Waals surface area contributed by atoms with Gasteiger partial charge in [-0.25, -0.2) is 14.8 Å². The number of benzene rings is 2. The molecule has 6 heteroatoms. The van der Waals surface area contributed by atoms with Crippen molar-refractivity contribution in [3.63, 3.8) is 0 Å². The number of aliphatic carboxylic acids is 1. The predicted molar refractivity (Wildman–Crippen MR) is 99.9 cm³/mol. The van der Waals surface area contributed by atoms with Crippen molar-refractivity contribution in [1.82, 2.24) is 9.97 Å². The van der Waals surface area contributed by atoms with E-state index in [-0.39, 0.29) is 5.92 Å². The molecular formula is C19H18ClN3O2. The Morgan fingerprint density at radius 2 is 1.76 bits per heavy atom. The number of fused-ring (bicyclic) bond motifs is 1. The molecule has 5 nitrogen and oxygen atoms in total. The summed E-state index contributed by atoms with van der Waals surface area (Å²) >= 11 is 5.95. The Balaban J connectivity index is 2.12. The van der Waals surface area contributed by atoms with Crippen LogP contribution in [0, 0.1) is 5.92 Å². The van der Waals surface area contributed by atoms with E-state index in [2.05, 4.69) is 15.3 Å². The summed E-state index contributed by atoms with van der Waals surface area (Å²) in [7, 11) is 0. The smallest absolute Gasteiger partial charge is 0.326 e. The predicted octanol–water partition coefficient (Wildman–Crippen LogP) is 4.47. The van der Waals surface area contributed by atoms with E-state index in [0.717, 1.165) is 16.5 Å². The molecule has 0 radical (unpaired) electrons. The molecule has 0 bridgehead atoms. The monoisotopic (exact) mass is 355 g/mol. The molecule has 3 aromatic rings. The Morgan fingerprint density at radius 1 is 1.08 bits per heavy atom. The van der Waals surface area contributed by atoms with E-state index in [1.54, 1.807) is 12.1 Å². The van der Waals surface area contributed by atoms with Crippen LogP contribution in [-0.2, 0) is 4.79 Å². The summed E-state index contributed by atoms with van der Waals surface area (Å²) in [5.74, 6) is 0.0263. The fourth-order valence-electron chi connectivity index (χ4n) is 2.58. The summed E-state index contributed by atoms with van der Waals surface area (Å²) < 4.78 is 0. The van der Waals surface area contributed by atoms with E-state index in [1.165, 1.54) is 0 Å². The average molecular weight is 356 g/mol. The molecule has 0 saturated heterocycles. The average Bonchev–Trinajstić information content (AvgIpc) is 2.59. The Morgan fingerprint density at radius 3 is 2.40 bits per heavy atom. The molecule has 0 aliphatic heterocycles. The van der Waals surface area contributed by atoms with Gasteiger partial charge in [0.1, 0.15) is 11.9 Å². The van der Waals surface area contributed by atoms with Crippen LogP contribution in [0.1, 0.15) is 13.8 Å². The molecule has 1 aromatic heterocycles. The molecule has 0 unspecified atom stereocenters. The molecule has 1 heterocycles. The Hall–Kier alpha value is -2.66. The quantitative estimate of drug-likeness (QED) is 0.706. The van der Waals surface area contributed by atoms with Gasteiger partial charge in [-0.15, -0.1) is 0 Å². The van der Waals surface area contributed by atoms with E-state index < -0.39 is 12.0 Å². The number of nitrogens with one attached hydrogen (secondary N) is 1. The molecule has 1 atom stereocenters. The number of nitrogens with zero attached hydrogens (tertiary/aromatic N) is 2. The molecule has 128 valence electrons. The third-order valence-electron chi connectivity index (χ3n) is 3.93. The van der Waals surface area contributed by atoms with Gasteiger partial charge in [0.2, 0.25) is 0 Å². The summed E-state index contributed by atoms with van der Waals surface area (Å²) in [5.41, 5.74) is 1.56. The zero-order chi connectivity index (χ0) is 18.0. The number of para-hydroxylation sites is 1. The van der Waals surface area contributed by atoms with Crippen LogP contribution in [0.25, 0.3) is 22.3 Å². The zero-order valence-corrected chi connectivity index (χ0v) is 14.7. The molecule has 2 N–H and O–H groups in total. The van der Waals surface area contributed by atoms with E-state index in [9.17, 15) is 9.90 Å². The number of hydrogen-bond donors (Lipinski definition) is 2. The van der Waals surface area contributed by atoms with Gasteiger partial charge in [0.15, 0.2) is 5.82 Å². The van der Waals surface area contributed by atoms with Crippen molar-refractivity contribution < 1.29 is 9.90 Å². The van der Waals surface area contributed by atoms with Crippen molar-refractivity contribution in [1.29, 1.82) is 0 Å². The van der Waals surface area contributed by atoms with E-state index in [0.29, 0.717) is 16.7 Å². The van der Waals surface area contributed by atoms with Gasteiger partial charge in [0.05, 0.1) is 5.52 Å². The number of carbonyl (C=O) groups is 1. The van der Waals surface area contributed by atoms with Gasteiger partial charge < -0.3 is 10.4 Å². The highest BCUT2D eigenvalue weighted by Gasteiger charge is 2.23. The fraction of sp³-hybridized carbons (Fsp3) is 0.211. The van der Waals surface area contributed by atoms with E-state index in [4.69, 9.17) is 11.6 Å². The van der Waals surface area contributed by atoms with Gasteiger partial charge in [0.25, 0.3) is 0 Å². The topological polar surface area (TPSA) is 75.1 Å². The van der Waals surface area contributed by atoms with Gasteiger partial charge in [0, 0.05) is 16.0 Å². The lowest BCUT2D eigenvalue weighted by atomic mass is 10.0. The van der Waals surface area contributed by atoms with Crippen LogP contribution in [0.2, 0.25) is 5.02 Å². The molecule has 0 fully saturated rings. The van der Waals surface area contributed by atoms with Crippen molar-refractivity contribution >= 4 is 34.3 Å². The van der Waals surface area contributed by atoms with Crippen molar-refractivity contribution in [2.24, 2.45) is 5.92 Å². The first-order chi connectivity index (χ1) is 12.0. The minimum Gasteiger partial charge on any atom is -0.480 e. The number of rotatable bonds is 5. The highest BCUT2D eigenvalue weighted by atomic mass is 35.5. The third kappa shape index (κ3) is 3.72. The second kappa shape index (κ2) is 7.07. The summed E-state index contributed by atoms with van der Waals surface area (Å²) in [6, 6.07) is 14.0. The van der Waals surface area contributed by atoms with Crippen LogP contribution in [-0.4, -0.2) is 27.1 Å². The van der Waals surface area contributed by atoms with Gasteiger partial charge in [-0.2, -0.15) is 0 Å². The first-order valence-corrected chi connectivity index (χ1v) is 8.35. The second-order valence-electron chi connectivity index (χ2n) is 6.12. The molecule has 0 spiro atoms. The summed E-state index contributed by atoms with van der Waals surface area (Å²) in [4.78, 5) is 20.7. The number of anilines is 1. The van der Waals surface area contributed by atoms with E-state index in [1.807, 2.05) is 50.2 Å². The van der Waals surface area contributed by atoms with E-state index >= 15 is 0 Å². The number of hydrogen-bond acceptors (Lipinski definition) is 4. The normalized spacial score (nSPS) is 12.3. The number of carboxylic acids is 1. The zero-order valence-electron chi connectivity index (χ0n) is 13.9. The minimum atomic E-state index is -0.911. The molecular weight excluding hydrogens is 338 g/mol. The minimum absolute atomic E-state index is 0.0924. The molecule has 3 rings (SSSR count). The SMILES string of the molecule is CC(C)[C@H](Nc1nc(-c2ccc(Cl)cc2)nc2ccccc12)C(=O)O. The van der Waals surface area contributed by atoms with Crippen LogP contribution in [0.15, 0.2) is 48.5 Å². The standard InChI is InChI=1S/C19H18ClN3O2/c1-11(2)16(19(24)25)22-18-14-5-3-4-6-15(14)21-17(23-18)12-7-9-13(20)10-8-12/h3-11,16H,1-2H3,(H,24,25)(H,21,22,23)/t16-/m0/s1. The Labute approximate surface area is 150 Å². The van der Waals surface area contributed by atoms with Crippen molar-refractivity contribution in [3.8, 4) is 11.4 Å². The van der Waals surface area contributed by atoms with Crippen molar-refractivity contribution in [2.45, 2.75) is 19.9 Å². The van der Waals surface area contributed by atoms with Gasteiger partial charge in [-0.3, -0.25) is 0 Å². The summed E-state index contributed by atoms with van der Waals surface area (Å²) in [6.45, 7) is 3.71. The number of halogens is 1. The van der Waals surface area contributed by atoms with Gasteiger partial charge in [-0.1, -0.05) is 37.6 Å². The van der Waals surface area contributed by atoms with Crippen LogP contribution >= 0.6 is 11.6 Å². The molecule has 0 aliphatic rings. The highest BCUT2D eigenvalue weighted by Crippen LogP contribution is 2.26. The molecule has 0 amide bonds. The molecule has 25 heavy (non-hydrogen) atoms. The lowest BCUT2D eigenvalue weighted by molar-refractivity contribution is -0.138. The summed E-state index contributed by atoms with van der Waals surface area (Å²) in [6.07, 6.45) is 0. The Bertz CT molecular complexity index is 910. The first kappa shape index (κ1) is 17.2. The first-order valence-electron chi connectivity index (χ1n) is 7.98. The summed E-state index contributed by atoms with van der Waals surface area (Å²) in [5, 5.41) is 14.0. The highest BCUT2D eigenvalue weighted by molar-refractivity contribution is 6.30. The molecule has 0 saturated carbocycles. The number of carboxylic acid groups (broad SMARTS) is 1. The van der Waals surface area contributed by atoms with Crippen LogP contribution in [0.5, 0.6) is 0 Å². The second-order valence-corrected chi connectivity index (χ2v) is 6.56. The van der Waals surface area contributed by atoms with Crippen molar-refractivity contribution in [2.75, 3.05) is 5.32 Å². The maximum atomic E-state index is 11.6. The van der Waals surface area contributed by atoms with Crippen LogP contribution in [0.4, 0.5) is 5.82 Å². The van der Waals surface area contributed by atoms with Gasteiger partial charge >= 0.3 is 5.97 Å². The Kier molecular flexibility index (Phi) is 4.86. The largest absolute Gasteiger partial charge is 0.480 e. The van der Waals surface area contributed by atoms with Crippen LogP contribution < -0.4 is 5.32 Å².